The van der Waals surface area contributed by atoms with Gasteiger partial charge >= 0.3 is 0 Å². The van der Waals surface area contributed by atoms with Crippen LogP contribution in [0.25, 0.3) is 0 Å². The predicted octanol–water partition coefficient (Wildman–Crippen LogP) is 2.73. The summed E-state index contributed by atoms with van der Waals surface area (Å²) in [5, 5.41) is 0. The van der Waals surface area contributed by atoms with Crippen LogP contribution in [0.1, 0.15) is 37.4 Å². The van der Waals surface area contributed by atoms with Gasteiger partial charge < -0.3 is 10.5 Å². The molecular formula is C15H22F2N2O. The number of alkyl halides is 2. The van der Waals surface area contributed by atoms with E-state index in [0.717, 1.165) is 18.7 Å². The highest BCUT2D eigenvalue weighted by atomic mass is 19.3. The van der Waals surface area contributed by atoms with E-state index in [1.165, 1.54) is 6.07 Å². The largest absolute Gasteiger partial charge is 0.373 e. The zero-order valence-electron chi connectivity index (χ0n) is 11.9. The lowest BCUT2D eigenvalue weighted by Crippen LogP contribution is -2.48. The Morgan fingerprint density at radius 1 is 1.25 bits per heavy atom. The van der Waals surface area contributed by atoms with Gasteiger partial charge in [0.15, 0.2) is 0 Å². The average molecular weight is 284 g/mol. The van der Waals surface area contributed by atoms with Crippen molar-refractivity contribution >= 4 is 0 Å². The standard InChI is InChI=1S/C15H22F2N2O/c1-10-8-19(9-11(2)20-10)14(7-18)12-4-3-5-13(6-12)15(16)17/h3-6,10-11,14-15H,7-9,18H2,1-2H3. The minimum atomic E-state index is -2.45. The molecule has 5 heteroatoms. The quantitative estimate of drug-likeness (QED) is 0.924. The van der Waals surface area contributed by atoms with Crippen molar-refractivity contribution in [1.29, 1.82) is 0 Å². The minimum Gasteiger partial charge on any atom is -0.373 e. The molecule has 0 aromatic heterocycles. The Morgan fingerprint density at radius 3 is 2.40 bits per heavy atom. The highest BCUT2D eigenvalue weighted by molar-refractivity contribution is 5.27. The first-order valence-corrected chi connectivity index (χ1v) is 6.98. The van der Waals surface area contributed by atoms with E-state index >= 15 is 0 Å². The maximum Gasteiger partial charge on any atom is 0.263 e. The Morgan fingerprint density at radius 2 is 1.85 bits per heavy atom. The van der Waals surface area contributed by atoms with Gasteiger partial charge in [0.25, 0.3) is 6.43 Å². The summed E-state index contributed by atoms with van der Waals surface area (Å²) in [7, 11) is 0. The topological polar surface area (TPSA) is 38.5 Å². The van der Waals surface area contributed by atoms with Crippen LogP contribution < -0.4 is 5.73 Å². The first-order chi connectivity index (χ1) is 9.51. The first-order valence-electron chi connectivity index (χ1n) is 6.98. The van der Waals surface area contributed by atoms with Gasteiger partial charge in [0.2, 0.25) is 0 Å². The van der Waals surface area contributed by atoms with E-state index in [4.69, 9.17) is 10.5 Å². The van der Waals surface area contributed by atoms with E-state index in [2.05, 4.69) is 4.90 Å². The maximum atomic E-state index is 12.8. The number of morpholine rings is 1. The second kappa shape index (κ2) is 6.61. The summed E-state index contributed by atoms with van der Waals surface area (Å²) in [5.41, 5.74) is 6.79. The number of halogens is 2. The molecule has 0 saturated carbocycles. The number of hydrogen-bond acceptors (Lipinski definition) is 3. The number of rotatable bonds is 4. The van der Waals surface area contributed by atoms with Crippen LogP contribution in [0.5, 0.6) is 0 Å². The van der Waals surface area contributed by atoms with E-state index < -0.39 is 6.43 Å². The monoisotopic (exact) mass is 284 g/mol. The minimum absolute atomic E-state index is 0.0394. The molecular weight excluding hydrogens is 262 g/mol. The normalized spacial score (nSPS) is 25.9. The predicted molar refractivity (Wildman–Crippen MR) is 74.8 cm³/mol. The van der Waals surface area contributed by atoms with E-state index in [0.29, 0.717) is 6.54 Å². The number of hydrogen-bond donors (Lipinski definition) is 1. The zero-order chi connectivity index (χ0) is 14.7. The SMILES string of the molecule is CC1CN(C(CN)c2cccc(C(F)F)c2)CC(C)O1. The Hall–Kier alpha value is -1.04. The molecule has 0 bridgehead atoms. The molecule has 0 amide bonds. The summed E-state index contributed by atoms with van der Waals surface area (Å²) in [6.45, 7) is 5.99. The molecule has 0 aliphatic carbocycles. The highest BCUT2D eigenvalue weighted by Crippen LogP contribution is 2.27. The van der Waals surface area contributed by atoms with Crippen LogP contribution >= 0.6 is 0 Å². The number of nitrogens with two attached hydrogens (primary N) is 1. The number of ether oxygens (including phenoxy) is 1. The van der Waals surface area contributed by atoms with Crippen molar-refractivity contribution in [1.82, 2.24) is 4.90 Å². The van der Waals surface area contributed by atoms with Crippen molar-refractivity contribution in [2.75, 3.05) is 19.6 Å². The number of benzene rings is 1. The lowest BCUT2D eigenvalue weighted by Gasteiger charge is -2.40. The van der Waals surface area contributed by atoms with Gasteiger partial charge in [-0.1, -0.05) is 18.2 Å². The summed E-state index contributed by atoms with van der Waals surface area (Å²) < 4.78 is 31.3. The van der Waals surface area contributed by atoms with E-state index in [1.807, 2.05) is 19.9 Å². The molecule has 1 saturated heterocycles. The second-order valence-corrected chi connectivity index (χ2v) is 5.43. The van der Waals surface area contributed by atoms with Crippen LogP contribution in [0.15, 0.2) is 24.3 Å². The molecule has 1 aliphatic heterocycles. The third-order valence-electron chi connectivity index (χ3n) is 3.66. The van der Waals surface area contributed by atoms with Gasteiger partial charge in [-0.3, -0.25) is 4.90 Å². The van der Waals surface area contributed by atoms with Crippen molar-refractivity contribution in [3.05, 3.63) is 35.4 Å². The fourth-order valence-corrected chi connectivity index (χ4v) is 2.87. The van der Waals surface area contributed by atoms with Crippen molar-refractivity contribution in [3.8, 4) is 0 Å². The van der Waals surface area contributed by atoms with Crippen LogP contribution in [0.3, 0.4) is 0 Å². The third-order valence-corrected chi connectivity index (χ3v) is 3.66. The van der Waals surface area contributed by atoms with Gasteiger partial charge in [-0.05, 0) is 25.5 Å². The highest BCUT2D eigenvalue weighted by Gasteiger charge is 2.28. The lowest BCUT2D eigenvalue weighted by molar-refractivity contribution is -0.0799. The Labute approximate surface area is 118 Å². The van der Waals surface area contributed by atoms with Crippen molar-refractivity contribution < 1.29 is 13.5 Å². The molecule has 1 fully saturated rings. The van der Waals surface area contributed by atoms with Crippen LogP contribution in [0.4, 0.5) is 8.78 Å². The molecule has 0 spiro atoms. The zero-order valence-corrected chi connectivity index (χ0v) is 11.9. The second-order valence-electron chi connectivity index (χ2n) is 5.43. The summed E-state index contributed by atoms with van der Waals surface area (Å²) in [6, 6.07) is 6.52. The van der Waals surface area contributed by atoms with Crippen molar-refractivity contribution in [3.63, 3.8) is 0 Å². The lowest BCUT2D eigenvalue weighted by atomic mass is 10.0. The molecule has 1 heterocycles. The van der Waals surface area contributed by atoms with Gasteiger partial charge in [-0.15, -0.1) is 0 Å². The first kappa shape index (κ1) is 15.4. The molecule has 112 valence electrons. The Bertz CT molecular complexity index is 432. The Kier molecular flexibility index (Phi) is 5.07. The summed E-state index contributed by atoms with van der Waals surface area (Å²) in [6.07, 6.45) is -2.19. The van der Waals surface area contributed by atoms with Gasteiger partial charge in [0.05, 0.1) is 12.2 Å². The van der Waals surface area contributed by atoms with E-state index in [-0.39, 0.29) is 23.8 Å². The molecule has 3 atom stereocenters. The van der Waals surface area contributed by atoms with Crippen molar-refractivity contribution in [2.24, 2.45) is 5.73 Å². The molecule has 3 nitrogen and oxygen atoms in total. The summed E-state index contributed by atoms with van der Waals surface area (Å²) in [4.78, 5) is 2.23. The van der Waals surface area contributed by atoms with Crippen LogP contribution in [0.2, 0.25) is 0 Å². The molecule has 0 radical (unpaired) electrons. The molecule has 1 aromatic rings. The van der Waals surface area contributed by atoms with Crippen LogP contribution in [-0.4, -0.2) is 36.7 Å². The van der Waals surface area contributed by atoms with Crippen LogP contribution in [-0.2, 0) is 4.74 Å². The molecule has 1 aromatic carbocycles. The maximum absolute atomic E-state index is 12.8. The molecule has 2 rings (SSSR count). The summed E-state index contributed by atoms with van der Waals surface area (Å²) >= 11 is 0. The Balaban J connectivity index is 2.21. The van der Waals surface area contributed by atoms with E-state index in [1.54, 1.807) is 12.1 Å². The number of nitrogens with zero attached hydrogens (tertiary/aromatic N) is 1. The molecule has 20 heavy (non-hydrogen) atoms. The fraction of sp³-hybridized carbons (Fsp3) is 0.600. The smallest absolute Gasteiger partial charge is 0.263 e. The molecule has 3 unspecified atom stereocenters. The van der Waals surface area contributed by atoms with E-state index in [9.17, 15) is 8.78 Å². The van der Waals surface area contributed by atoms with Gasteiger partial charge in [0.1, 0.15) is 0 Å². The van der Waals surface area contributed by atoms with Crippen molar-refractivity contribution in [2.45, 2.75) is 38.5 Å². The van der Waals surface area contributed by atoms with Gasteiger partial charge in [-0.2, -0.15) is 0 Å². The van der Waals surface area contributed by atoms with Gasteiger partial charge in [-0.25, -0.2) is 8.78 Å². The third kappa shape index (κ3) is 3.53. The van der Waals surface area contributed by atoms with Crippen LogP contribution in [0, 0.1) is 0 Å². The fourth-order valence-electron chi connectivity index (χ4n) is 2.87. The molecule has 2 N–H and O–H groups in total. The average Bonchev–Trinajstić information content (AvgIpc) is 2.39. The molecule has 1 aliphatic rings. The van der Waals surface area contributed by atoms with Gasteiger partial charge in [0, 0.05) is 31.2 Å². The summed E-state index contributed by atoms with van der Waals surface area (Å²) in [5.74, 6) is 0.